The second kappa shape index (κ2) is 8.72. The Bertz CT molecular complexity index is 998. The fourth-order valence-electron chi connectivity index (χ4n) is 2.32. The molecule has 0 spiro atoms. The Morgan fingerprint density at radius 2 is 2.19 bits per heavy atom. The number of methoxy groups -OCH3 is 1. The first-order valence-corrected chi connectivity index (χ1v) is 9.42. The third-order valence-electron chi connectivity index (χ3n) is 3.74. The van der Waals surface area contributed by atoms with Gasteiger partial charge in [-0.3, -0.25) is 9.89 Å². The highest BCUT2D eigenvalue weighted by Crippen LogP contribution is 2.24. The van der Waals surface area contributed by atoms with Gasteiger partial charge in [0.05, 0.1) is 19.5 Å². The van der Waals surface area contributed by atoms with Gasteiger partial charge < -0.3 is 13.9 Å². The Hall–Kier alpha value is -2.81. The number of thioether (sulfide) groups is 1. The van der Waals surface area contributed by atoms with Crippen LogP contribution in [0.15, 0.2) is 38.6 Å². The third-order valence-corrected chi connectivity index (χ3v) is 4.56. The summed E-state index contributed by atoms with van der Waals surface area (Å²) in [5.41, 5.74) is 0.174. The van der Waals surface area contributed by atoms with Gasteiger partial charge in [0.2, 0.25) is 5.16 Å². The Kier molecular flexibility index (Phi) is 6.12. The molecule has 1 N–H and O–H groups in total. The lowest BCUT2D eigenvalue weighted by Crippen LogP contribution is -2.08. The lowest BCUT2D eigenvalue weighted by molar-refractivity contribution is -0.140. The number of rotatable bonds is 8. The van der Waals surface area contributed by atoms with Crippen LogP contribution in [0.2, 0.25) is 0 Å². The molecular weight excluding hydrogens is 370 g/mol. The highest BCUT2D eigenvalue weighted by molar-refractivity contribution is 7.99. The van der Waals surface area contributed by atoms with Gasteiger partial charge in [0.25, 0.3) is 0 Å². The zero-order valence-corrected chi connectivity index (χ0v) is 15.8. The number of aromatic nitrogens is 3. The van der Waals surface area contributed by atoms with Crippen LogP contribution in [0.3, 0.4) is 0 Å². The number of nitrogens with one attached hydrogen (secondary N) is 1. The molecule has 0 amide bonds. The van der Waals surface area contributed by atoms with Gasteiger partial charge in [0.15, 0.2) is 5.82 Å². The molecule has 1 aromatic carbocycles. The summed E-state index contributed by atoms with van der Waals surface area (Å²) in [6.45, 7) is 2.44. The SMILES string of the molecule is CCCCOC(=O)CSc1n[nH]c(-c2cc3cc(OC)ccc3oc2=O)n1. The van der Waals surface area contributed by atoms with E-state index in [4.69, 9.17) is 13.9 Å². The number of benzene rings is 1. The van der Waals surface area contributed by atoms with E-state index in [1.807, 2.05) is 6.92 Å². The van der Waals surface area contributed by atoms with Gasteiger partial charge in [-0.15, -0.1) is 5.10 Å². The number of carbonyl (C=O) groups excluding carboxylic acids is 1. The molecule has 0 radical (unpaired) electrons. The topological polar surface area (TPSA) is 107 Å². The van der Waals surface area contributed by atoms with Crippen molar-refractivity contribution in [2.75, 3.05) is 19.5 Å². The fourth-order valence-corrected chi connectivity index (χ4v) is 2.92. The molecule has 0 bridgehead atoms. The number of carbonyl (C=O) groups is 1. The van der Waals surface area contributed by atoms with E-state index in [0.29, 0.717) is 28.5 Å². The highest BCUT2D eigenvalue weighted by Gasteiger charge is 2.14. The van der Waals surface area contributed by atoms with E-state index in [1.54, 1.807) is 31.4 Å². The van der Waals surface area contributed by atoms with E-state index >= 15 is 0 Å². The van der Waals surface area contributed by atoms with Gasteiger partial charge in [-0.05, 0) is 30.7 Å². The van der Waals surface area contributed by atoms with Crippen molar-refractivity contribution in [1.29, 1.82) is 0 Å². The zero-order valence-electron chi connectivity index (χ0n) is 15.0. The van der Waals surface area contributed by atoms with Crippen LogP contribution in [0.5, 0.6) is 5.75 Å². The van der Waals surface area contributed by atoms with Gasteiger partial charge in [0, 0.05) is 5.39 Å². The molecule has 0 fully saturated rings. The van der Waals surface area contributed by atoms with Crippen LogP contribution in [-0.4, -0.2) is 40.6 Å². The van der Waals surface area contributed by atoms with Crippen molar-refractivity contribution in [3.05, 3.63) is 34.7 Å². The number of fused-ring (bicyclic) bond motifs is 1. The summed E-state index contributed by atoms with van der Waals surface area (Å²) < 4.78 is 15.6. The summed E-state index contributed by atoms with van der Waals surface area (Å²) in [5.74, 6) is 0.704. The van der Waals surface area contributed by atoms with E-state index in [9.17, 15) is 9.59 Å². The molecule has 0 aliphatic carbocycles. The molecule has 8 nitrogen and oxygen atoms in total. The normalized spacial score (nSPS) is 10.9. The van der Waals surface area contributed by atoms with E-state index in [1.165, 1.54) is 0 Å². The molecule has 0 atom stereocenters. The van der Waals surface area contributed by atoms with Crippen LogP contribution < -0.4 is 10.4 Å². The molecule has 0 saturated carbocycles. The fraction of sp³-hybridized carbons (Fsp3) is 0.333. The van der Waals surface area contributed by atoms with Crippen molar-refractivity contribution in [3.8, 4) is 17.1 Å². The summed E-state index contributed by atoms with van der Waals surface area (Å²) in [6, 6.07) is 6.82. The van der Waals surface area contributed by atoms with E-state index in [2.05, 4.69) is 15.2 Å². The number of ether oxygens (including phenoxy) is 2. The maximum absolute atomic E-state index is 12.2. The first-order valence-electron chi connectivity index (χ1n) is 8.43. The standard InChI is InChI=1S/C18H19N3O5S/c1-3-4-7-25-15(22)10-27-18-19-16(20-21-18)13-9-11-8-12(24-2)5-6-14(11)26-17(13)23/h5-6,8-9H,3-4,7,10H2,1-2H3,(H,19,20,21). The van der Waals surface area contributed by atoms with Crippen molar-refractivity contribution in [1.82, 2.24) is 15.2 Å². The molecule has 2 aromatic heterocycles. The Labute approximate surface area is 159 Å². The van der Waals surface area contributed by atoms with E-state index in [0.717, 1.165) is 24.6 Å². The second-order valence-electron chi connectivity index (χ2n) is 5.68. The molecule has 2 heterocycles. The number of aromatic amines is 1. The molecule has 27 heavy (non-hydrogen) atoms. The minimum atomic E-state index is -0.528. The van der Waals surface area contributed by atoms with Crippen LogP contribution in [0, 0.1) is 0 Å². The van der Waals surface area contributed by atoms with Crippen LogP contribution in [-0.2, 0) is 9.53 Å². The van der Waals surface area contributed by atoms with Crippen LogP contribution >= 0.6 is 11.8 Å². The summed E-state index contributed by atoms with van der Waals surface area (Å²) in [7, 11) is 1.56. The van der Waals surface area contributed by atoms with Gasteiger partial charge in [-0.1, -0.05) is 25.1 Å². The van der Waals surface area contributed by atoms with Crippen LogP contribution in [0.1, 0.15) is 19.8 Å². The molecule has 3 aromatic rings. The van der Waals surface area contributed by atoms with Crippen molar-refractivity contribution in [2.24, 2.45) is 0 Å². The first kappa shape index (κ1) is 19.0. The second-order valence-corrected chi connectivity index (χ2v) is 6.62. The minimum absolute atomic E-state index is 0.102. The zero-order chi connectivity index (χ0) is 19.2. The molecule has 0 aliphatic rings. The van der Waals surface area contributed by atoms with Crippen molar-refractivity contribution in [2.45, 2.75) is 24.9 Å². The van der Waals surface area contributed by atoms with Gasteiger partial charge >= 0.3 is 11.6 Å². The summed E-state index contributed by atoms with van der Waals surface area (Å²) in [5, 5.41) is 7.79. The Morgan fingerprint density at radius 3 is 2.96 bits per heavy atom. The minimum Gasteiger partial charge on any atom is -0.497 e. The van der Waals surface area contributed by atoms with Crippen LogP contribution in [0.4, 0.5) is 0 Å². The molecular formula is C18H19N3O5S. The molecule has 9 heteroatoms. The van der Waals surface area contributed by atoms with Crippen molar-refractivity contribution < 1.29 is 18.7 Å². The monoisotopic (exact) mass is 389 g/mol. The number of nitrogens with zero attached hydrogens (tertiary/aromatic N) is 2. The quantitative estimate of drug-likeness (QED) is 0.271. The summed E-state index contributed by atoms with van der Waals surface area (Å²) in [6.07, 6.45) is 1.80. The number of hydrogen-bond donors (Lipinski definition) is 1. The van der Waals surface area contributed by atoms with E-state index < -0.39 is 5.63 Å². The average Bonchev–Trinajstić information content (AvgIpc) is 3.14. The predicted molar refractivity (Wildman–Crippen MR) is 101 cm³/mol. The number of unbranched alkanes of at least 4 members (excludes halogenated alkanes) is 1. The molecule has 0 aliphatic heterocycles. The highest BCUT2D eigenvalue weighted by atomic mass is 32.2. The van der Waals surface area contributed by atoms with Gasteiger partial charge in [-0.2, -0.15) is 0 Å². The van der Waals surface area contributed by atoms with Gasteiger partial charge in [-0.25, -0.2) is 9.78 Å². The molecule has 142 valence electrons. The lowest BCUT2D eigenvalue weighted by atomic mass is 10.1. The number of H-pyrrole nitrogens is 1. The molecule has 0 saturated heterocycles. The smallest absolute Gasteiger partial charge is 0.347 e. The molecule has 0 unspecified atom stereocenters. The van der Waals surface area contributed by atoms with Crippen LogP contribution in [0.25, 0.3) is 22.4 Å². The van der Waals surface area contributed by atoms with Crippen molar-refractivity contribution >= 4 is 28.7 Å². The maximum Gasteiger partial charge on any atom is 0.347 e. The maximum atomic E-state index is 12.2. The number of hydrogen-bond acceptors (Lipinski definition) is 8. The number of esters is 1. The Balaban J connectivity index is 1.74. The first-order chi connectivity index (χ1) is 13.1. The van der Waals surface area contributed by atoms with Gasteiger partial charge in [0.1, 0.15) is 16.9 Å². The van der Waals surface area contributed by atoms with Crippen molar-refractivity contribution in [3.63, 3.8) is 0 Å². The summed E-state index contributed by atoms with van der Waals surface area (Å²) in [4.78, 5) is 28.1. The summed E-state index contributed by atoms with van der Waals surface area (Å²) >= 11 is 1.14. The van der Waals surface area contributed by atoms with E-state index in [-0.39, 0.29) is 23.1 Å². The Morgan fingerprint density at radius 1 is 1.33 bits per heavy atom. The largest absolute Gasteiger partial charge is 0.497 e. The predicted octanol–water partition coefficient (Wildman–Crippen LogP) is 3.02. The average molecular weight is 389 g/mol. The lowest BCUT2D eigenvalue weighted by Gasteiger charge is -2.02. The third kappa shape index (κ3) is 4.68. The molecule has 3 rings (SSSR count).